The Hall–Kier alpha value is -4.07. The van der Waals surface area contributed by atoms with Gasteiger partial charge in [0, 0.05) is 17.8 Å². The van der Waals surface area contributed by atoms with Gasteiger partial charge in [0.1, 0.15) is 23.4 Å². The number of phenols is 1. The lowest BCUT2D eigenvalue weighted by molar-refractivity contribution is -0.141. The molecule has 0 spiro atoms. The molecule has 0 aliphatic carbocycles. The van der Waals surface area contributed by atoms with Crippen LogP contribution in [0.5, 0.6) is 5.75 Å². The Bertz CT molecular complexity index is 1380. The summed E-state index contributed by atoms with van der Waals surface area (Å²) in [6.07, 6.45) is 4.00. The van der Waals surface area contributed by atoms with E-state index >= 15 is 0 Å². The van der Waals surface area contributed by atoms with Gasteiger partial charge < -0.3 is 25.4 Å². The van der Waals surface area contributed by atoms with Crippen molar-refractivity contribution >= 4 is 34.4 Å². The third kappa shape index (κ3) is 9.73. The van der Waals surface area contributed by atoms with E-state index in [9.17, 15) is 19.5 Å². The van der Waals surface area contributed by atoms with Gasteiger partial charge >= 0.3 is 6.09 Å². The number of phenolic OH excluding ortho intramolecular Hbond substituents is 1. The molecule has 3 aromatic rings. The third-order valence-corrected chi connectivity index (χ3v) is 7.20. The summed E-state index contributed by atoms with van der Waals surface area (Å²) in [6, 6.07) is 17.9. The number of nitrogens with zero attached hydrogens (tertiary/aromatic N) is 1. The Labute approximate surface area is 255 Å². The monoisotopic (exact) mass is 589 g/mol. The smallest absolute Gasteiger partial charge is 0.408 e. The first-order valence-electron chi connectivity index (χ1n) is 15.3. The minimum absolute atomic E-state index is 0.0915. The van der Waals surface area contributed by atoms with Gasteiger partial charge in [-0.15, -0.1) is 0 Å². The molecule has 0 bridgehead atoms. The van der Waals surface area contributed by atoms with Gasteiger partial charge in [-0.1, -0.05) is 95.0 Å². The number of nitrogens with one attached hydrogen (secondary N) is 2. The summed E-state index contributed by atoms with van der Waals surface area (Å²) in [5.74, 6) is -1.26. The summed E-state index contributed by atoms with van der Waals surface area (Å²) in [4.78, 5) is 42.8. The van der Waals surface area contributed by atoms with E-state index in [1.54, 1.807) is 39.0 Å². The first-order valence-corrected chi connectivity index (χ1v) is 15.3. The molecular formula is C35H47N3O5. The summed E-state index contributed by atoms with van der Waals surface area (Å²) in [5.41, 5.74) is 0.139. The van der Waals surface area contributed by atoms with E-state index in [2.05, 4.69) is 17.6 Å². The van der Waals surface area contributed by atoms with Gasteiger partial charge in [-0.2, -0.15) is 0 Å². The van der Waals surface area contributed by atoms with Crippen molar-refractivity contribution in [2.24, 2.45) is 5.92 Å². The highest BCUT2D eigenvalue weighted by molar-refractivity contribution is 6.00. The minimum Gasteiger partial charge on any atom is -0.508 e. The van der Waals surface area contributed by atoms with Crippen molar-refractivity contribution in [2.75, 3.05) is 11.9 Å². The highest BCUT2D eigenvalue weighted by Crippen LogP contribution is 2.32. The highest BCUT2D eigenvalue weighted by Gasteiger charge is 2.38. The van der Waals surface area contributed by atoms with Crippen LogP contribution in [0.2, 0.25) is 0 Å². The van der Waals surface area contributed by atoms with Gasteiger partial charge in [-0.05, 0) is 62.1 Å². The van der Waals surface area contributed by atoms with E-state index in [4.69, 9.17) is 4.74 Å². The summed E-state index contributed by atoms with van der Waals surface area (Å²) < 4.78 is 5.46. The number of rotatable bonds is 13. The second kappa shape index (κ2) is 15.4. The fourth-order valence-corrected chi connectivity index (χ4v) is 5.03. The SMILES string of the molecule is CCCCCCCN(C(=O)C(NC(=O)OC(C)(C)C)C(C)C)C(C(=O)Nc1ccc2ccccc2c1)c1ccccc1O. The molecule has 3 amide bonds. The lowest BCUT2D eigenvalue weighted by atomic mass is 9.97. The van der Waals surface area contributed by atoms with Crippen molar-refractivity contribution in [1.29, 1.82) is 0 Å². The van der Waals surface area contributed by atoms with Gasteiger partial charge in [-0.25, -0.2) is 4.79 Å². The number of carbonyl (C=O) groups is 3. The molecule has 2 unspecified atom stereocenters. The molecule has 0 saturated carbocycles. The molecule has 8 nitrogen and oxygen atoms in total. The third-order valence-electron chi connectivity index (χ3n) is 7.20. The molecule has 0 saturated heterocycles. The van der Waals surface area contributed by atoms with Gasteiger partial charge in [0.15, 0.2) is 0 Å². The van der Waals surface area contributed by atoms with Crippen LogP contribution < -0.4 is 10.6 Å². The van der Waals surface area contributed by atoms with Crippen LogP contribution in [0.15, 0.2) is 66.7 Å². The van der Waals surface area contributed by atoms with Crippen molar-refractivity contribution in [1.82, 2.24) is 10.2 Å². The second-order valence-corrected chi connectivity index (χ2v) is 12.3. The average molecular weight is 590 g/mol. The number of benzene rings is 3. The maximum absolute atomic E-state index is 14.4. The molecule has 0 aromatic heterocycles. The van der Waals surface area contributed by atoms with Crippen LogP contribution in [-0.2, 0) is 14.3 Å². The Kier molecular flexibility index (Phi) is 12.0. The zero-order valence-electron chi connectivity index (χ0n) is 26.4. The molecule has 3 N–H and O–H groups in total. The Morgan fingerprint density at radius 3 is 2.19 bits per heavy atom. The maximum Gasteiger partial charge on any atom is 0.408 e. The van der Waals surface area contributed by atoms with Crippen molar-refractivity contribution in [3.05, 3.63) is 72.3 Å². The predicted molar refractivity (Wildman–Crippen MR) is 172 cm³/mol. The molecule has 0 aliphatic heterocycles. The minimum atomic E-state index is -1.15. The van der Waals surface area contributed by atoms with Crippen LogP contribution in [0, 0.1) is 5.92 Å². The maximum atomic E-state index is 14.4. The van der Waals surface area contributed by atoms with Crippen LogP contribution in [0.3, 0.4) is 0 Å². The predicted octanol–water partition coefficient (Wildman–Crippen LogP) is 7.57. The number of carbonyl (C=O) groups excluding carboxylic acids is 3. The van der Waals surface area contributed by atoms with Gasteiger partial charge in [0.05, 0.1) is 0 Å². The van der Waals surface area contributed by atoms with E-state index in [1.165, 1.54) is 11.0 Å². The van der Waals surface area contributed by atoms with Crippen molar-refractivity contribution in [3.63, 3.8) is 0 Å². The van der Waals surface area contributed by atoms with E-state index in [0.29, 0.717) is 17.7 Å². The average Bonchev–Trinajstić information content (AvgIpc) is 2.94. The van der Waals surface area contributed by atoms with Crippen molar-refractivity contribution < 1.29 is 24.2 Å². The summed E-state index contributed by atoms with van der Waals surface area (Å²) in [7, 11) is 0. The van der Waals surface area contributed by atoms with Crippen molar-refractivity contribution in [2.45, 2.75) is 91.3 Å². The topological polar surface area (TPSA) is 108 Å². The molecule has 8 heteroatoms. The zero-order chi connectivity index (χ0) is 31.6. The number of hydrogen-bond acceptors (Lipinski definition) is 5. The van der Waals surface area contributed by atoms with Crippen LogP contribution >= 0.6 is 0 Å². The standard InChI is InChI=1S/C35H47N3O5/c1-7-8-9-10-15-22-38(33(41)30(24(2)3)37-34(42)43-35(4,5)6)31(28-18-13-14-19-29(28)39)32(40)36-27-21-20-25-16-11-12-17-26(25)23-27/h11-14,16-21,23-24,30-31,39H,7-10,15,22H2,1-6H3,(H,36,40)(H,37,42). The van der Waals surface area contributed by atoms with E-state index in [-0.39, 0.29) is 18.2 Å². The lowest BCUT2D eigenvalue weighted by Crippen LogP contribution is -2.54. The number of amides is 3. The van der Waals surface area contributed by atoms with Gasteiger partial charge in [0.2, 0.25) is 5.91 Å². The molecule has 0 radical (unpaired) electrons. The zero-order valence-corrected chi connectivity index (χ0v) is 26.4. The molecule has 0 aliphatic rings. The number of aromatic hydroxyl groups is 1. The number of unbranched alkanes of at least 4 members (excludes halogenated alkanes) is 4. The molecular weight excluding hydrogens is 542 g/mol. The molecule has 3 aromatic carbocycles. The number of fused-ring (bicyclic) bond motifs is 1. The largest absolute Gasteiger partial charge is 0.508 e. The van der Waals surface area contributed by atoms with Crippen LogP contribution in [0.25, 0.3) is 10.8 Å². The molecule has 3 rings (SSSR count). The normalized spacial score (nSPS) is 12.9. The molecule has 0 fully saturated rings. The number of anilines is 1. The number of ether oxygens (including phenoxy) is 1. The van der Waals surface area contributed by atoms with E-state index in [1.807, 2.05) is 56.3 Å². The highest BCUT2D eigenvalue weighted by atomic mass is 16.6. The summed E-state index contributed by atoms with van der Waals surface area (Å²) in [5, 5.41) is 18.7. The van der Waals surface area contributed by atoms with E-state index in [0.717, 1.165) is 36.5 Å². The number of hydrogen-bond donors (Lipinski definition) is 3. The molecule has 43 heavy (non-hydrogen) atoms. The first kappa shape index (κ1) is 33.4. The molecule has 2 atom stereocenters. The van der Waals surface area contributed by atoms with Crippen LogP contribution in [0.4, 0.5) is 10.5 Å². The fourth-order valence-electron chi connectivity index (χ4n) is 5.03. The van der Waals surface area contributed by atoms with E-state index < -0.39 is 35.6 Å². The summed E-state index contributed by atoms with van der Waals surface area (Å²) >= 11 is 0. The Balaban J connectivity index is 2.02. The Morgan fingerprint density at radius 2 is 1.53 bits per heavy atom. The molecule has 0 heterocycles. The summed E-state index contributed by atoms with van der Waals surface area (Å²) in [6.45, 7) is 11.3. The van der Waals surface area contributed by atoms with Gasteiger partial charge in [-0.3, -0.25) is 9.59 Å². The number of para-hydroxylation sites is 1. The Morgan fingerprint density at radius 1 is 0.884 bits per heavy atom. The number of alkyl carbamates (subject to hydrolysis) is 1. The van der Waals surface area contributed by atoms with Crippen molar-refractivity contribution in [3.8, 4) is 5.75 Å². The quantitative estimate of drug-likeness (QED) is 0.178. The first-order chi connectivity index (χ1) is 20.4. The van der Waals surface area contributed by atoms with Crippen LogP contribution in [0.1, 0.15) is 85.3 Å². The van der Waals surface area contributed by atoms with Gasteiger partial charge in [0.25, 0.3) is 5.91 Å². The van der Waals surface area contributed by atoms with Crippen LogP contribution in [-0.4, -0.2) is 46.1 Å². The molecule has 232 valence electrons. The second-order valence-electron chi connectivity index (χ2n) is 12.3. The fraction of sp³-hybridized carbons (Fsp3) is 0.457. The lowest BCUT2D eigenvalue weighted by Gasteiger charge is -2.36.